The third-order valence-corrected chi connectivity index (χ3v) is 1.70. The van der Waals surface area contributed by atoms with Gasteiger partial charge in [-0.05, 0) is 25.9 Å². The summed E-state index contributed by atoms with van der Waals surface area (Å²) in [5.74, 6) is 0. The summed E-state index contributed by atoms with van der Waals surface area (Å²) < 4.78 is 7.86. The molecule has 0 aliphatic carbocycles. The van der Waals surface area contributed by atoms with Gasteiger partial charge in [0.2, 0.25) is 0 Å². The maximum atomic E-state index is 7.86. The largest absolute Gasteiger partial charge is 0.317 e. The van der Waals surface area contributed by atoms with Gasteiger partial charge < -0.3 is 5.32 Å². The molecular formula is C10H15N. The Morgan fingerprint density at radius 1 is 1.45 bits per heavy atom. The minimum atomic E-state index is -0.170. The molecule has 11 heavy (non-hydrogen) atoms. The lowest BCUT2D eigenvalue weighted by atomic mass is 10.1. The maximum Gasteiger partial charge on any atom is 0.0332 e. The molecule has 1 heteroatoms. The summed E-state index contributed by atoms with van der Waals surface area (Å²) in [4.78, 5) is 0. The summed E-state index contributed by atoms with van der Waals surface area (Å²) in [6.45, 7) is 2.02. The average molecular weight is 150 g/mol. The summed E-state index contributed by atoms with van der Waals surface area (Å²) in [5, 5.41) is 3.08. The topological polar surface area (TPSA) is 12.0 Å². The molecule has 1 aromatic carbocycles. The predicted octanol–water partition coefficient (Wildman–Crippen LogP) is 1.84. The first-order valence-corrected chi connectivity index (χ1v) is 3.90. The van der Waals surface area contributed by atoms with Gasteiger partial charge in [0.15, 0.2) is 0 Å². The standard InChI is InChI=1S/C10H15N/c1-9(11-2)8-10-6-4-3-5-7-10/h3-7,9,11H,8H2,1-2H3/t9-/m0/s1/i8D/t8-,9+/m1. The van der Waals surface area contributed by atoms with E-state index in [2.05, 4.69) is 5.32 Å². The Morgan fingerprint density at radius 3 is 2.64 bits per heavy atom. The highest BCUT2D eigenvalue weighted by molar-refractivity contribution is 5.15. The monoisotopic (exact) mass is 150 g/mol. The van der Waals surface area contributed by atoms with Crippen LogP contribution >= 0.6 is 0 Å². The molecule has 0 saturated carbocycles. The quantitative estimate of drug-likeness (QED) is 0.693. The van der Waals surface area contributed by atoms with Crippen molar-refractivity contribution in [2.75, 3.05) is 7.05 Å². The van der Waals surface area contributed by atoms with Crippen LogP contribution in [0.15, 0.2) is 30.3 Å². The summed E-state index contributed by atoms with van der Waals surface area (Å²) in [7, 11) is 1.88. The van der Waals surface area contributed by atoms with Crippen LogP contribution < -0.4 is 5.32 Å². The lowest BCUT2D eigenvalue weighted by molar-refractivity contribution is 0.608. The molecule has 0 radical (unpaired) electrons. The fraction of sp³-hybridized carbons (Fsp3) is 0.400. The average Bonchev–Trinajstić information content (AvgIpc) is 2.17. The van der Waals surface area contributed by atoms with Gasteiger partial charge in [-0.1, -0.05) is 30.3 Å². The first kappa shape index (κ1) is 6.86. The van der Waals surface area contributed by atoms with Crippen molar-refractivity contribution in [3.63, 3.8) is 0 Å². The van der Waals surface area contributed by atoms with Crippen LogP contribution in [0.2, 0.25) is 0 Å². The van der Waals surface area contributed by atoms with E-state index in [1.165, 1.54) is 0 Å². The van der Waals surface area contributed by atoms with Crippen molar-refractivity contribution < 1.29 is 1.37 Å². The Kier molecular flexibility index (Phi) is 2.58. The highest BCUT2D eigenvalue weighted by Crippen LogP contribution is 2.01. The van der Waals surface area contributed by atoms with E-state index >= 15 is 0 Å². The van der Waals surface area contributed by atoms with Gasteiger partial charge in [-0.25, -0.2) is 0 Å². The fourth-order valence-electron chi connectivity index (χ4n) is 0.936. The molecule has 0 aromatic heterocycles. The van der Waals surface area contributed by atoms with Crippen LogP contribution in [0.5, 0.6) is 0 Å². The van der Waals surface area contributed by atoms with Gasteiger partial charge >= 0.3 is 0 Å². The SMILES string of the molecule is [2H][C@@H](c1ccccc1)[C@H](C)NC. The van der Waals surface area contributed by atoms with E-state index in [1.807, 2.05) is 44.3 Å². The zero-order valence-corrected chi connectivity index (χ0v) is 7.04. The second-order valence-corrected chi connectivity index (χ2v) is 2.65. The highest BCUT2D eigenvalue weighted by atomic mass is 14.8. The van der Waals surface area contributed by atoms with Crippen LogP contribution in [-0.2, 0) is 6.40 Å². The van der Waals surface area contributed by atoms with Crippen molar-refractivity contribution in [1.29, 1.82) is 0 Å². The number of hydrogen-bond donors (Lipinski definition) is 1. The van der Waals surface area contributed by atoms with Crippen molar-refractivity contribution in [3.05, 3.63) is 35.9 Å². The number of rotatable bonds is 3. The molecule has 0 saturated heterocycles. The molecule has 0 fully saturated rings. The zero-order valence-electron chi connectivity index (χ0n) is 8.04. The van der Waals surface area contributed by atoms with Crippen molar-refractivity contribution in [3.8, 4) is 0 Å². The smallest absolute Gasteiger partial charge is 0.0332 e. The minimum absolute atomic E-state index is 0.170. The number of nitrogens with one attached hydrogen (secondary N) is 1. The lowest BCUT2D eigenvalue weighted by Crippen LogP contribution is -2.23. The predicted molar refractivity (Wildman–Crippen MR) is 48.7 cm³/mol. The molecule has 0 spiro atoms. The van der Waals surface area contributed by atoms with Crippen molar-refractivity contribution >= 4 is 0 Å². The van der Waals surface area contributed by atoms with E-state index in [4.69, 9.17) is 1.37 Å². The summed E-state index contributed by atoms with van der Waals surface area (Å²) in [6.07, 6.45) is -0.170. The zero-order chi connectivity index (χ0) is 8.97. The van der Waals surface area contributed by atoms with Gasteiger partial charge in [-0.15, -0.1) is 0 Å². The lowest BCUT2D eigenvalue weighted by Gasteiger charge is -2.08. The molecular weight excluding hydrogens is 134 g/mol. The third kappa shape index (κ3) is 2.72. The van der Waals surface area contributed by atoms with Crippen molar-refractivity contribution in [1.82, 2.24) is 5.32 Å². The maximum absolute atomic E-state index is 7.86. The molecule has 0 aliphatic rings. The van der Waals surface area contributed by atoms with Gasteiger partial charge in [0.25, 0.3) is 0 Å². The molecule has 1 nitrogen and oxygen atoms in total. The van der Waals surface area contributed by atoms with E-state index in [0.29, 0.717) is 0 Å². The third-order valence-electron chi connectivity index (χ3n) is 1.70. The van der Waals surface area contributed by atoms with Crippen molar-refractivity contribution in [2.24, 2.45) is 0 Å². The molecule has 0 aliphatic heterocycles. The second-order valence-electron chi connectivity index (χ2n) is 2.65. The molecule has 0 bridgehead atoms. The molecule has 1 rings (SSSR count). The van der Waals surface area contributed by atoms with Crippen LogP contribution in [0.4, 0.5) is 0 Å². The molecule has 0 unspecified atom stereocenters. The van der Waals surface area contributed by atoms with Crippen molar-refractivity contribution in [2.45, 2.75) is 19.4 Å². The second kappa shape index (κ2) is 4.14. The Labute approximate surface area is 69.8 Å². The number of hydrogen-bond acceptors (Lipinski definition) is 1. The van der Waals surface area contributed by atoms with E-state index < -0.39 is 0 Å². The van der Waals surface area contributed by atoms with Gasteiger partial charge in [0.1, 0.15) is 0 Å². The molecule has 1 aromatic rings. The molecule has 2 atom stereocenters. The summed E-state index contributed by atoms with van der Waals surface area (Å²) in [5.41, 5.74) is 1.07. The summed E-state index contributed by atoms with van der Waals surface area (Å²) >= 11 is 0. The first-order chi connectivity index (χ1) is 5.75. The molecule has 1 N–H and O–H groups in total. The highest BCUT2D eigenvalue weighted by Gasteiger charge is 1.97. The van der Waals surface area contributed by atoms with Gasteiger partial charge in [0, 0.05) is 7.41 Å². The van der Waals surface area contributed by atoms with Crippen LogP contribution in [-0.4, -0.2) is 13.1 Å². The first-order valence-electron chi connectivity index (χ1n) is 4.48. The van der Waals surface area contributed by atoms with Crippen LogP contribution in [0.1, 0.15) is 13.9 Å². The number of benzene rings is 1. The minimum Gasteiger partial charge on any atom is -0.317 e. The van der Waals surface area contributed by atoms with Crippen LogP contribution in [0.3, 0.4) is 0 Å². The van der Waals surface area contributed by atoms with Gasteiger partial charge in [-0.2, -0.15) is 0 Å². The number of likely N-dealkylation sites (N-methyl/N-ethyl adjacent to an activating group) is 1. The van der Waals surface area contributed by atoms with E-state index in [-0.39, 0.29) is 12.4 Å². The van der Waals surface area contributed by atoms with E-state index in [9.17, 15) is 0 Å². The Balaban J connectivity index is 2.71. The molecule has 0 heterocycles. The van der Waals surface area contributed by atoms with Crippen LogP contribution in [0, 0.1) is 0 Å². The Morgan fingerprint density at radius 2 is 2.09 bits per heavy atom. The molecule has 60 valence electrons. The molecule has 0 amide bonds. The van der Waals surface area contributed by atoms with Gasteiger partial charge in [-0.3, -0.25) is 0 Å². The normalized spacial score (nSPS) is 17.1. The summed E-state index contributed by atoms with van der Waals surface area (Å²) in [6, 6.07) is 10.1. The van der Waals surface area contributed by atoms with Crippen LogP contribution in [0.25, 0.3) is 0 Å². The van der Waals surface area contributed by atoms with Gasteiger partial charge in [0.05, 0.1) is 0 Å². The fourth-order valence-corrected chi connectivity index (χ4v) is 0.936. The Hall–Kier alpha value is -0.820. The van der Waals surface area contributed by atoms with E-state index in [0.717, 1.165) is 5.56 Å². The van der Waals surface area contributed by atoms with E-state index in [1.54, 1.807) is 0 Å². The Bertz CT molecular complexity index is 223.